The second kappa shape index (κ2) is 9.15. The van der Waals surface area contributed by atoms with Gasteiger partial charge in [-0.3, -0.25) is 0 Å². The van der Waals surface area contributed by atoms with Crippen molar-refractivity contribution in [2.24, 2.45) is 5.92 Å². The van der Waals surface area contributed by atoms with Crippen LogP contribution in [0, 0.1) is 17.4 Å². The van der Waals surface area contributed by atoms with Crippen molar-refractivity contribution in [3.05, 3.63) is 42.1 Å². The number of carbonyl (C=O) groups excluding carboxylic acids is 1. The van der Waals surface area contributed by atoms with Crippen molar-refractivity contribution in [1.82, 2.24) is 5.32 Å². The highest BCUT2D eigenvalue weighted by molar-refractivity contribution is 6.95. The van der Waals surface area contributed by atoms with Gasteiger partial charge in [0.2, 0.25) is 0 Å². The lowest BCUT2D eigenvalue weighted by molar-refractivity contribution is 0.0508. The maximum Gasteiger partial charge on any atom is 0.408 e. The Hall–Kier alpha value is -1.78. The summed E-state index contributed by atoms with van der Waals surface area (Å²) >= 11 is 0. The molecule has 0 bridgehead atoms. The number of hydrogen-bond donors (Lipinski definition) is 1. The van der Waals surface area contributed by atoms with Crippen molar-refractivity contribution in [2.75, 3.05) is 0 Å². The SMILES string of the molecule is C=C([C@H](C)[C@@H](C#C[Si](C)(C)C)NC(=O)OC(C)(C)C)[Si](C)(C)c1ccccc1. The van der Waals surface area contributed by atoms with Gasteiger partial charge >= 0.3 is 6.09 Å². The van der Waals surface area contributed by atoms with Gasteiger partial charge in [0.05, 0.1) is 6.04 Å². The Morgan fingerprint density at radius 3 is 2.11 bits per heavy atom. The molecule has 3 nitrogen and oxygen atoms in total. The van der Waals surface area contributed by atoms with Crippen LogP contribution in [0.5, 0.6) is 0 Å². The zero-order valence-corrected chi connectivity index (χ0v) is 21.1. The zero-order chi connectivity index (χ0) is 21.8. The fraction of sp³-hybridized carbons (Fsp3) is 0.522. The van der Waals surface area contributed by atoms with Crippen molar-refractivity contribution < 1.29 is 9.53 Å². The van der Waals surface area contributed by atoms with Gasteiger partial charge in [0.15, 0.2) is 0 Å². The van der Waals surface area contributed by atoms with E-state index in [1.807, 2.05) is 26.8 Å². The number of amides is 1. The highest BCUT2D eigenvalue weighted by Gasteiger charge is 2.34. The molecule has 0 aliphatic rings. The Kier molecular flexibility index (Phi) is 7.93. The fourth-order valence-corrected chi connectivity index (χ4v) is 6.12. The van der Waals surface area contributed by atoms with Gasteiger partial charge in [-0.15, -0.1) is 12.1 Å². The van der Waals surface area contributed by atoms with Gasteiger partial charge in [0.25, 0.3) is 0 Å². The number of nitrogens with one attached hydrogen (secondary N) is 1. The Labute approximate surface area is 174 Å². The van der Waals surface area contributed by atoms with Crippen LogP contribution >= 0.6 is 0 Å². The predicted octanol–water partition coefficient (Wildman–Crippen LogP) is 5.11. The molecule has 0 heterocycles. The molecular weight excluding hydrogens is 378 g/mol. The highest BCUT2D eigenvalue weighted by atomic mass is 28.3. The average molecular weight is 416 g/mol. The standard InChI is InChI=1S/C23H37NO2Si2/c1-18(19(2)28(9,10)20-14-12-11-13-15-20)21(16-17-27(6,7)8)24-22(25)26-23(3,4)5/h11-15,18,21H,2H2,1,3-10H3,(H,24,25)/t18-,21+/m0/s1. The molecule has 5 heteroatoms. The first kappa shape index (κ1) is 24.3. The maximum atomic E-state index is 12.4. The van der Waals surface area contributed by atoms with E-state index in [2.05, 4.69) is 87.3 Å². The van der Waals surface area contributed by atoms with Gasteiger partial charge in [-0.05, 0) is 20.8 Å². The van der Waals surface area contributed by atoms with E-state index in [0.29, 0.717) is 0 Å². The van der Waals surface area contributed by atoms with E-state index in [9.17, 15) is 4.79 Å². The van der Waals surface area contributed by atoms with Crippen molar-refractivity contribution in [3.8, 4) is 11.5 Å². The number of benzene rings is 1. The predicted molar refractivity (Wildman–Crippen MR) is 126 cm³/mol. The van der Waals surface area contributed by atoms with Gasteiger partial charge in [-0.2, -0.15) is 0 Å². The van der Waals surface area contributed by atoms with E-state index in [1.54, 1.807) is 0 Å². The molecule has 0 saturated heterocycles. The number of hydrogen-bond acceptors (Lipinski definition) is 2. The van der Waals surface area contributed by atoms with E-state index in [1.165, 1.54) is 10.4 Å². The minimum atomic E-state index is -1.92. The Bertz CT molecular complexity index is 747. The van der Waals surface area contributed by atoms with E-state index in [4.69, 9.17) is 4.74 Å². The van der Waals surface area contributed by atoms with E-state index in [0.717, 1.165) is 0 Å². The zero-order valence-electron chi connectivity index (χ0n) is 19.1. The molecular formula is C23H37NO2Si2. The van der Waals surface area contributed by atoms with Gasteiger partial charge in [-0.1, -0.05) is 86.3 Å². The monoisotopic (exact) mass is 415 g/mol. The molecule has 1 rings (SSSR count). The molecule has 0 aromatic heterocycles. The molecule has 0 radical (unpaired) electrons. The van der Waals surface area contributed by atoms with Crippen molar-refractivity contribution in [3.63, 3.8) is 0 Å². The molecule has 0 aliphatic heterocycles. The maximum absolute atomic E-state index is 12.4. The summed E-state index contributed by atoms with van der Waals surface area (Å²) in [6, 6.07) is 10.2. The molecule has 1 aromatic rings. The summed E-state index contributed by atoms with van der Waals surface area (Å²) in [5.41, 5.74) is 2.87. The van der Waals surface area contributed by atoms with E-state index >= 15 is 0 Å². The van der Waals surface area contributed by atoms with Crippen LogP contribution in [0.15, 0.2) is 42.1 Å². The summed E-state index contributed by atoms with van der Waals surface area (Å²) in [5, 5.41) is 5.50. The summed E-state index contributed by atoms with van der Waals surface area (Å²) < 4.78 is 5.48. The summed E-state index contributed by atoms with van der Waals surface area (Å²) in [4.78, 5) is 12.4. The van der Waals surface area contributed by atoms with Crippen LogP contribution in [0.1, 0.15) is 27.7 Å². The van der Waals surface area contributed by atoms with Crippen molar-refractivity contribution in [2.45, 2.75) is 72.1 Å². The molecule has 2 atom stereocenters. The lowest BCUT2D eigenvalue weighted by atomic mass is 10.0. The smallest absolute Gasteiger partial charge is 0.408 e. The quantitative estimate of drug-likeness (QED) is 0.536. The third-order valence-corrected chi connectivity index (χ3v) is 9.35. The second-order valence-corrected chi connectivity index (χ2v) is 19.2. The van der Waals surface area contributed by atoms with Gasteiger partial charge in [0.1, 0.15) is 21.7 Å². The molecule has 154 valence electrons. The third-order valence-electron chi connectivity index (χ3n) is 4.62. The first-order chi connectivity index (χ1) is 12.6. The van der Waals surface area contributed by atoms with E-state index in [-0.39, 0.29) is 12.0 Å². The molecule has 0 spiro atoms. The minimum absolute atomic E-state index is 0.0261. The number of carbonyl (C=O) groups is 1. The summed E-state index contributed by atoms with van der Waals surface area (Å²) in [6.07, 6.45) is -0.429. The lowest BCUT2D eigenvalue weighted by Gasteiger charge is -2.33. The topological polar surface area (TPSA) is 38.3 Å². The fourth-order valence-electron chi connectivity index (χ4n) is 2.83. The van der Waals surface area contributed by atoms with Crippen LogP contribution in [-0.4, -0.2) is 33.9 Å². The van der Waals surface area contributed by atoms with Crippen molar-refractivity contribution in [1.29, 1.82) is 0 Å². The van der Waals surface area contributed by atoms with Crippen LogP contribution in [0.25, 0.3) is 0 Å². The first-order valence-electron chi connectivity index (χ1n) is 9.90. The summed E-state index contributed by atoms with van der Waals surface area (Å²) in [6.45, 7) is 23.4. The van der Waals surface area contributed by atoms with Gasteiger partial charge in [-0.25, -0.2) is 4.79 Å². The average Bonchev–Trinajstić information content (AvgIpc) is 2.55. The number of rotatable bonds is 5. The molecule has 0 aliphatic carbocycles. The van der Waals surface area contributed by atoms with Crippen LogP contribution in [0.4, 0.5) is 4.79 Å². The molecule has 1 aromatic carbocycles. The van der Waals surface area contributed by atoms with Crippen LogP contribution in [0.3, 0.4) is 0 Å². The molecule has 0 fully saturated rings. The Balaban J connectivity index is 3.15. The number of ether oxygens (including phenoxy) is 1. The molecule has 1 N–H and O–H groups in total. The van der Waals surface area contributed by atoms with Crippen LogP contribution in [-0.2, 0) is 4.74 Å². The second-order valence-electron chi connectivity index (χ2n) is 9.95. The third kappa shape index (κ3) is 7.69. The highest BCUT2D eigenvalue weighted by Crippen LogP contribution is 2.24. The molecule has 0 unspecified atom stereocenters. The van der Waals surface area contributed by atoms with Crippen LogP contribution in [0.2, 0.25) is 32.7 Å². The molecule has 0 saturated carbocycles. The molecule has 28 heavy (non-hydrogen) atoms. The normalized spacial score (nSPS) is 14.3. The van der Waals surface area contributed by atoms with Crippen LogP contribution < -0.4 is 10.5 Å². The minimum Gasteiger partial charge on any atom is -0.444 e. The number of alkyl carbamates (subject to hydrolysis) is 1. The summed E-state index contributed by atoms with van der Waals surface area (Å²) in [5.74, 6) is 3.37. The van der Waals surface area contributed by atoms with Gasteiger partial charge in [0, 0.05) is 5.92 Å². The van der Waals surface area contributed by atoms with Gasteiger partial charge < -0.3 is 10.1 Å². The lowest BCUT2D eigenvalue weighted by Crippen LogP contribution is -2.50. The largest absolute Gasteiger partial charge is 0.444 e. The van der Waals surface area contributed by atoms with Crippen molar-refractivity contribution >= 4 is 27.4 Å². The van der Waals surface area contributed by atoms with E-state index < -0.39 is 27.8 Å². The first-order valence-corrected chi connectivity index (χ1v) is 16.4. The Morgan fingerprint density at radius 2 is 1.64 bits per heavy atom. The Morgan fingerprint density at radius 1 is 1.11 bits per heavy atom. The summed E-state index contributed by atoms with van der Waals surface area (Å²) in [7, 11) is -3.50. The molecule has 1 amide bonds.